The van der Waals surface area contributed by atoms with Gasteiger partial charge in [0, 0.05) is 43.1 Å². The first kappa shape index (κ1) is 33.7. The van der Waals surface area contributed by atoms with E-state index >= 15 is 0 Å². The Labute approximate surface area is 277 Å². The number of nitrogens with one attached hydrogen (secondary N) is 1. The average Bonchev–Trinajstić information content (AvgIpc) is 3.47. The van der Waals surface area contributed by atoms with E-state index in [0.717, 1.165) is 81.4 Å². The van der Waals surface area contributed by atoms with E-state index in [1.165, 1.54) is 0 Å². The van der Waals surface area contributed by atoms with Crippen LogP contribution in [0.15, 0.2) is 53.7 Å². The normalized spacial score (nSPS) is 12.9. The number of aromatic nitrogens is 2. The Morgan fingerprint density at radius 3 is 2.49 bits per heavy atom. The van der Waals surface area contributed by atoms with Gasteiger partial charge in [0.05, 0.1) is 36.0 Å². The summed E-state index contributed by atoms with van der Waals surface area (Å²) in [6, 6.07) is 14.6. The lowest BCUT2D eigenvalue weighted by atomic mass is 9.92. The number of hydrogen-bond acceptors (Lipinski definition) is 6. The van der Waals surface area contributed by atoms with E-state index in [1.807, 2.05) is 29.7 Å². The summed E-state index contributed by atoms with van der Waals surface area (Å²) in [5.74, 6) is 2.29. The van der Waals surface area contributed by atoms with Gasteiger partial charge in [-0.1, -0.05) is 52.8 Å². The minimum Gasteiger partial charge on any atom is -0.488 e. The summed E-state index contributed by atoms with van der Waals surface area (Å²) in [4.78, 5) is 41.7. The third-order valence-electron chi connectivity index (χ3n) is 8.40. The van der Waals surface area contributed by atoms with E-state index in [2.05, 4.69) is 67.1 Å². The van der Waals surface area contributed by atoms with Crippen molar-refractivity contribution in [3.8, 4) is 16.9 Å². The van der Waals surface area contributed by atoms with E-state index in [4.69, 9.17) is 15.5 Å². The minimum absolute atomic E-state index is 0.156. The second-order valence-electron chi connectivity index (χ2n) is 12.8. The van der Waals surface area contributed by atoms with Crippen molar-refractivity contribution >= 4 is 45.5 Å². The van der Waals surface area contributed by atoms with Gasteiger partial charge in [0.2, 0.25) is 11.8 Å². The van der Waals surface area contributed by atoms with Gasteiger partial charge in [0.1, 0.15) is 18.2 Å². The lowest BCUT2D eigenvalue weighted by Gasteiger charge is -2.23. The maximum Gasteiger partial charge on any atom is 0.222 e. The Balaban J connectivity index is 1.36. The number of nitrogens with zero attached hydrogens (tertiary/aromatic N) is 4. The number of aromatic amines is 1. The molecular formula is C38H48N6O3. The van der Waals surface area contributed by atoms with E-state index in [-0.39, 0.29) is 11.8 Å². The fraction of sp³-hybridized carbons (Fsp3) is 0.421. The van der Waals surface area contributed by atoms with E-state index in [9.17, 15) is 9.59 Å². The average molecular weight is 637 g/mol. The van der Waals surface area contributed by atoms with E-state index in [0.29, 0.717) is 50.7 Å². The predicted molar refractivity (Wildman–Crippen MR) is 191 cm³/mol. The highest BCUT2D eigenvalue weighted by molar-refractivity contribution is 6.07. The summed E-state index contributed by atoms with van der Waals surface area (Å²) in [6.45, 7) is 13.2. The lowest BCUT2D eigenvalue weighted by molar-refractivity contribution is -0.132. The van der Waals surface area contributed by atoms with Crippen molar-refractivity contribution in [1.82, 2.24) is 19.8 Å². The van der Waals surface area contributed by atoms with Crippen molar-refractivity contribution in [3.63, 3.8) is 0 Å². The molecule has 1 aliphatic rings. The van der Waals surface area contributed by atoms with Crippen LogP contribution < -0.4 is 10.5 Å². The topological polar surface area (TPSA) is 117 Å². The number of carbonyl (C=O) groups excluding carboxylic acids is 2. The van der Waals surface area contributed by atoms with E-state index in [1.54, 1.807) is 12.4 Å². The number of rotatable bonds is 14. The fourth-order valence-corrected chi connectivity index (χ4v) is 6.15. The van der Waals surface area contributed by atoms with Crippen LogP contribution in [0.1, 0.15) is 83.7 Å². The number of nitrogens with two attached hydrogens (primary N) is 1. The predicted octanol–water partition coefficient (Wildman–Crippen LogP) is 7.43. The Hall–Kier alpha value is -4.66. The smallest absolute Gasteiger partial charge is 0.222 e. The molecule has 248 valence electrons. The molecule has 1 aromatic heterocycles. The first-order valence-corrected chi connectivity index (χ1v) is 17.0. The van der Waals surface area contributed by atoms with Gasteiger partial charge in [-0.3, -0.25) is 14.6 Å². The molecule has 0 radical (unpaired) electrons. The number of aliphatic imine (C=N–C) groups is 1. The number of amides is 2. The van der Waals surface area contributed by atoms with Gasteiger partial charge in [-0.2, -0.15) is 0 Å². The third kappa shape index (κ3) is 7.84. The third-order valence-corrected chi connectivity index (χ3v) is 8.40. The first-order chi connectivity index (χ1) is 22.7. The van der Waals surface area contributed by atoms with Gasteiger partial charge in [-0.15, -0.1) is 0 Å². The molecule has 0 fully saturated rings. The number of fused-ring (bicyclic) bond motifs is 6. The summed E-state index contributed by atoms with van der Waals surface area (Å²) in [5, 5.41) is 2.08. The quantitative estimate of drug-likeness (QED) is 0.140. The first-order valence-electron chi connectivity index (χ1n) is 17.0. The van der Waals surface area contributed by atoms with Crippen LogP contribution in [0.3, 0.4) is 0 Å². The summed E-state index contributed by atoms with van der Waals surface area (Å²) < 4.78 is 6.29. The van der Waals surface area contributed by atoms with Gasteiger partial charge < -0.3 is 25.3 Å². The van der Waals surface area contributed by atoms with Crippen molar-refractivity contribution in [2.45, 2.75) is 79.9 Å². The van der Waals surface area contributed by atoms with Gasteiger partial charge in [0.25, 0.3) is 0 Å². The van der Waals surface area contributed by atoms with Gasteiger partial charge in [-0.25, -0.2) is 4.98 Å². The molecule has 0 saturated heterocycles. The molecule has 9 heteroatoms. The highest BCUT2D eigenvalue weighted by Gasteiger charge is 2.21. The van der Waals surface area contributed by atoms with Crippen LogP contribution in [-0.4, -0.2) is 57.4 Å². The molecule has 0 saturated carbocycles. The van der Waals surface area contributed by atoms with Crippen LogP contribution in [-0.2, 0) is 22.7 Å². The number of hydrogen-bond donors (Lipinski definition) is 2. The largest absolute Gasteiger partial charge is 0.488 e. The zero-order valence-corrected chi connectivity index (χ0v) is 28.4. The molecule has 3 aromatic carbocycles. The molecule has 0 aliphatic carbocycles. The second-order valence-corrected chi connectivity index (χ2v) is 12.8. The molecule has 2 amide bonds. The maximum absolute atomic E-state index is 12.8. The zero-order valence-electron chi connectivity index (χ0n) is 28.4. The Morgan fingerprint density at radius 1 is 1.00 bits per heavy atom. The molecule has 9 nitrogen and oxygen atoms in total. The van der Waals surface area contributed by atoms with Crippen LogP contribution in [0, 0.1) is 5.92 Å². The number of carbonyl (C=O) groups is 2. The summed E-state index contributed by atoms with van der Waals surface area (Å²) in [7, 11) is 0. The molecule has 0 bridgehead atoms. The lowest BCUT2D eigenvalue weighted by Crippen LogP contribution is -2.33. The SMILES string of the molecule is CCCC(=O)N(CC=N/C=C(\N)c1ccc2c(c1)COc1cc3c(ccc4[nH]c(CN(CC(C)C)C(=O)CCC)nc43)cc1-2)CCC. The van der Waals surface area contributed by atoms with Crippen molar-refractivity contribution in [1.29, 1.82) is 0 Å². The van der Waals surface area contributed by atoms with Crippen LogP contribution in [0.25, 0.3) is 38.6 Å². The fourth-order valence-electron chi connectivity index (χ4n) is 6.15. The monoisotopic (exact) mass is 636 g/mol. The highest BCUT2D eigenvalue weighted by Crippen LogP contribution is 2.42. The number of ether oxygens (including phenoxy) is 1. The zero-order chi connectivity index (χ0) is 33.5. The number of H-pyrrole nitrogens is 1. The second kappa shape index (κ2) is 15.3. The maximum atomic E-state index is 12.8. The molecule has 0 atom stereocenters. The molecule has 4 aromatic rings. The Kier molecular flexibility index (Phi) is 11.0. The Morgan fingerprint density at radius 2 is 1.77 bits per heavy atom. The number of benzene rings is 3. The van der Waals surface area contributed by atoms with Gasteiger partial charge in [-0.05, 0) is 71.5 Å². The van der Waals surface area contributed by atoms with Gasteiger partial charge >= 0.3 is 0 Å². The molecule has 47 heavy (non-hydrogen) atoms. The van der Waals surface area contributed by atoms with Crippen molar-refractivity contribution in [2.75, 3.05) is 19.6 Å². The molecule has 1 aliphatic heterocycles. The molecule has 0 spiro atoms. The van der Waals surface area contributed by atoms with Gasteiger partial charge in [0.15, 0.2) is 0 Å². The van der Waals surface area contributed by atoms with Crippen LogP contribution >= 0.6 is 0 Å². The van der Waals surface area contributed by atoms with Crippen LogP contribution in [0.5, 0.6) is 5.75 Å². The van der Waals surface area contributed by atoms with Crippen LogP contribution in [0.2, 0.25) is 0 Å². The van der Waals surface area contributed by atoms with Crippen molar-refractivity contribution in [2.24, 2.45) is 16.6 Å². The van der Waals surface area contributed by atoms with E-state index < -0.39 is 0 Å². The molecule has 2 heterocycles. The summed E-state index contributed by atoms with van der Waals surface area (Å²) in [6.07, 6.45) is 7.05. The Bertz CT molecular complexity index is 1800. The van der Waals surface area contributed by atoms with Crippen LogP contribution in [0.4, 0.5) is 0 Å². The number of imidazole rings is 1. The molecule has 3 N–H and O–H groups in total. The summed E-state index contributed by atoms with van der Waals surface area (Å²) >= 11 is 0. The van der Waals surface area contributed by atoms with Crippen molar-refractivity contribution < 1.29 is 14.3 Å². The summed E-state index contributed by atoms with van der Waals surface area (Å²) in [5.41, 5.74) is 12.9. The molecule has 0 unspecified atom stereocenters. The van der Waals surface area contributed by atoms with Crippen molar-refractivity contribution in [3.05, 3.63) is 65.6 Å². The standard InChI is InChI=1S/C38H48N6O3/c1-6-9-36(45)43(16-8-3)17-15-40-21-32(39)27-11-13-29-28(18-27)24-47-34-20-30-26(19-31(29)34)12-14-33-38(30)42-35(41-33)23-44(22-25(4)5)37(46)10-7-2/h11-15,18-21,25H,6-10,16-17,22-24,39H2,1-5H3,(H,41,42)/b32-21-,40-15?. The minimum atomic E-state index is 0.156. The highest BCUT2D eigenvalue weighted by atomic mass is 16.5. The molecular weight excluding hydrogens is 588 g/mol. The molecule has 5 rings (SSSR count).